The number of nitrogens with one attached hydrogen (secondary N) is 1. The van der Waals surface area contributed by atoms with Crippen LogP contribution in [0.1, 0.15) is 32.6 Å². The fraction of sp³-hybridized carbons (Fsp3) is 0.161. The second-order valence-electron chi connectivity index (χ2n) is 9.27. The molecule has 0 spiro atoms. The van der Waals surface area contributed by atoms with E-state index >= 15 is 0 Å². The third-order valence-electron chi connectivity index (χ3n) is 6.63. The molecule has 4 aromatic carbocycles. The summed E-state index contributed by atoms with van der Waals surface area (Å²) in [7, 11) is 0. The highest BCUT2D eigenvalue weighted by atomic mass is 19.4. The molecule has 0 aromatic heterocycles. The molecule has 1 aliphatic heterocycles. The van der Waals surface area contributed by atoms with Crippen molar-refractivity contribution in [2.75, 3.05) is 11.9 Å². The number of hydrogen-bond acceptors (Lipinski definition) is 3. The summed E-state index contributed by atoms with van der Waals surface area (Å²) < 4.78 is 44.3. The molecule has 1 heterocycles. The van der Waals surface area contributed by atoms with Crippen LogP contribution in [0.5, 0.6) is 0 Å². The maximum atomic E-state index is 13.2. The second kappa shape index (κ2) is 11.0. The zero-order valence-corrected chi connectivity index (χ0v) is 20.9. The Morgan fingerprint density at radius 3 is 2.31 bits per heavy atom. The van der Waals surface area contributed by atoms with Gasteiger partial charge in [-0.1, -0.05) is 66.7 Å². The number of amides is 2. The van der Waals surface area contributed by atoms with E-state index in [4.69, 9.17) is 4.74 Å². The van der Waals surface area contributed by atoms with Crippen molar-refractivity contribution in [1.82, 2.24) is 4.90 Å². The Morgan fingerprint density at radius 1 is 0.846 bits per heavy atom. The Kier molecular flexibility index (Phi) is 7.36. The summed E-state index contributed by atoms with van der Waals surface area (Å²) in [4.78, 5) is 27.4. The third kappa shape index (κ3) is 6.12. The van der Waals surface area contributed by atoms with Gasteiger partial charge in [-0.05, 0) is 64.6 Å². The van der Waals surface area contributed by atoms with Crippen molar-refractivity contribution in [2.45, 2.75) is 25.7 Å². The number of benzene rings is 4. The summed E-state index contributed by atoms with van der Waals surface area (Å²) in [6.45, 7) is 1.12. The molecule has 5 nitrogen and oxygen atoms in total. The van der Waals surface area contributed by atoms with E-state index in [0.717, 1.165) is 28.8 Å². The van der Waals surface area contributed by atoms with Gasteiger partial charge in [0.05, 0.1) is 5.56 Å². The van der Waals surface area contributed by atoms with E-state index in [-0.39, 0.29) is 18.6 Å². The van der Waals surface area contributed by atoms with Gasteiger partial charge >= 0.3 is 12.3 Å². The van der Waals surface area contributed by atoms with Crippen LogP contribution in [0.4, 0.5) is 23.7 Å². The normalized spacial score (nSPS) is 12.9. The zero-order valence-electron chi connectivity index (χ0n) is 20.9. The number of ether oxygens (including phenoxy) is 1. The van der Waals surface area contributed by atoms with Gasteiger partial charge in [-0.3, -0.25) is 4.79 Å². The zero-order chi connectivity index (χ0) is 27.4. The van der Waals surface area contributed by atoms with E-state index in [1.54, 1.807) is 35.2 Å². The number of fused-ring (bicyclic) bond motifs is 1. The van der Waals surface area contributed by atoms with Crippen LogP contribution >= 0.6 is 0 Å². The average Bonchev–Trinajstić information content (AvgIpc) is 2.95. The number of halogens is 3. The van der Waals surface area contributed by atoms with Crippen LogP contribution in [0.2, 0.25) is 0 Å². The van der Waals surface area contributed by atoms with Crippen LogP contribution in [0.25, 0.3) is 11.1 Å². The van der Waals surface area contributed by atoms with Gasteiger partial charge in [0.15, 0.2) is 0 Å². The quantitative estimate of drug-likeness (QED) is 0.294. The predicted molar refractivity (Wildman–Crippen MR) is 142 cm³/mol. The first-order valence-electron chi connectivity index (χ1n) is 12.4. The molecule has 0 atom stereocenters. The summed E-state index contributed by atoms with van der Waals surface area (Å²) in [6.07, 6.45) is -4.19. The Labute approximate surface area is 223 Å². The van der Waals surface area contributed by atoms with Crippen molar-refractivity contribution in [3.8, 4) is 11.1 Å². The average molecular weight is 531 g/mol. The minimum atomic E-state index is -4.43. The van der Waals surface area contributed by atoms with Gasteiger partial charge in [-0.2, -0.15) is 13.2 Å². The van der Waals surface area contributed by atoms with Crippen LogP contribution in [0.15, 0.2) is 97.1 Å². The summed E-state index contributed by atoms with van der Waals surface area (Å²) >= 11 is 0. The van der Waals surface area contributed by atoms with E-state index in [0.29, 0.717) is 41.9 Å². The first-order chi connectivity index (χ1) is 18.8. The molecule has 0 saturated carbocycles. The molecule has 39 heavy (non-hydrogen) atoms. The topological polar surface area (TPSA) is 58.6 Å². The van der Waals surface area contributed by atoms with Gasteiger partial charge in [0.1, 0.15) is 6.61 Å². The van der Waals surface area contributed by atoms with Crippen LogP contribution < -0.4 is 5.32 Å². The molecule has 0 unspecified atom stereocenters. The molecule has 1 aliphatic rings. The molecule has 0 aliphatic carbocycles. The molecule has 1 N–H and O–H groups in total. The number of carbonyl (C=O) groups excluding carboxylic acids is 2. The van der Waals surface area contributed by atoms with Gasteiger partial charge in [0.25, 0.3) is 5.91 Å². The monoisotopic (exact) mass is 530 g/mol. The number of alkyl halides is 3. The van der Waals surface area contributed by atoms with E-state index < -0.39 is 11.7 Å². The maximum Gasteiger partial charge on any atom is 0.416 e. The maximum absolute atomic E-state index is 13.2. The first-order valence-corrected chi connectivity index (χ1v) is 12.4. The Morgan fingerprint density at radius 2 is 1.56 bits per heavy atom. The number of carbonyl (C=O) groups is 2. The van der Waals surface area contributed by atoms with Crippen molar-refractivity contribution in [2.24, 2.45) is 0 Å². The minimum absolute atomic E-state index is 0.210. The fourth-order valence-corrected chi connectivity index (χ4v) is 4.57. The lowest BCUT2D eigenvalue weighted by atomic mass is 9.97. The van der Waals surface area contributed by atoms with Crippen molar-refractivity contribution < 1.29 is 27.5 Å². The molecule has 8 heteroatoms. The van der Waals surface area contributed by atoms with E-state index in [1.165, 1.54) is 12.1 Å². The van der Waals surface area contributed by atoms with Crippen LogP contribution in [-0.2, 0) is 30.5 Å². The first kappa shape index (κ1) is 26.0. The second-order valence-corrected chi connectivity index (χ2v) is 9.27. The standard InChI is InChI=1S/C31H25F3N2O3/c32-31(33,34)25-13-10-22(11-14-25)27-8-4-5-9-28(27)29(37)35-26-15-12-24-19-36(17-16-23(24)18-26)30(38)39-20-21-6-2-1-3-7-21/h1-15,18H,16-17,19-20H2,(H,35,37). The SMILES string of the molecule is O=C(Nc1ccc2c(c1)CCN(C(=O)OCc1ccccc1)C2)c1ccccc1-c1ccc(C(F)(F)F)cc1. The van der Waals surface area contributed by atoms with Crippen LogP contribution in [-0.4, -0.2) is 23.4 Å². The minimum Gasteiger partial charge on any atom is -0.445 e. The molecule has 0 bridgehead atoms. The number of nitrogens with zero attached hydrogens (tertiary/aromatic N) is 1. The van der Waals surface area contributed by atoms with E-state index in [2.05, 4.69) is 5.32 Å². The summed E-state index contributed by atoms with van der Waals surface area (Å²) in [5.41, 5.74) is 4.17. The Bertz CT molecular complexity index is 1490. The number of hydrogen-bond donors (Lipinski definition) is 1. The molecular formula is C31H25F3N2O3. The van der Waals surface area contributed by atoms with Gasteiger partial charge < -0.3 is 15.0 Å². The van der Waals surface area contributed by atoms with Crippen molar-refractivity contribution in [3.63, 3.8) is 0 Å². The van der Waals surface area contributed by atoms with E-state index in [1.807, 2.05) is 42.5 Å². The lowest BCUT2D eigenvalue weighted by Crippen LogP contribution is -2.36. The summed E-state index contributed by atoms with van der Waals surface area (Å²) in [5.74, 6) is -0.368. The van der Waals surface area contributed by atoms with Crippen molar-refractivity contribution in [1.29, 1.82) is 0 Å². The summed E-state index contributed by atoms with van der Waals surface area (Å²) in [6, 6.07) is 26.6. The third-order valence-corrected chi connectivity index (χ3v) is 6.63. The lowest BCUT2D eigenvalue weighted by Gasteiger charge is -2.28. The molecule has 0 radical (unpaired) electrons. The molecule has 198 valence electrons. The van der Waals surface area contributed by atoms with Crippen molar-refractivity contribution in [3.05, 3.63) is 125 Å². The molecule has 5 rings (SSSR count). The van der Waals surface area contributed by atoms with Gasteiger partial charge in [-0.25, -0.2) is 4.79 Å². The Balaban J connectivity index is 1.25. The summed E-state index contributed by atoms with van der Waals surface area (Å²) in [5, 5.41) is 2.90. The van der Waals surface area contributed by atoms with Crippen LogP contribution in [0.3, 0.4) is 0 Å². The highest BCUT2D eigenvalue weighted by Gasteiger charge is 2.30. The largest absolute Gasteiger partial charge is 0.445 e. The van der Waals surface area contributed by atoms with Gasteiger partial charge in [-0.15, -0.1) is 0 Å². The predicted octanol–water partition coefficient (Wildman–Crippen LogP) is 7.32. The van der Waals surface area contributed by atoms with Gasteiger partial charge in [0.2, 0.25) is 0 Å². The van der Waals surface area contributed by atoms with Crippen molar-refractivity contribution >= 4 is 17.7 Å². The van der Waals surface area contributed by atoms with E-state index in [9.17, 15) is 22.8 Å². The number of anilines is 1. The lowest BCUT2D eigenvalue weighted by molar-refractivity contribution is -0.137. The molecule has 0 fully saturated rings. The molecule has 2 amide bonds. The molecule has 4 aromatic rings. The smallest absolute Gasteiger partial charge is 0.416 e. The highest BCUT2D eigenvalue weighted by molar-refractivity contribution is 6.08. The number of rotatable bonds is 5. The Hall–Kier alpha value is -4.59. The fourth-order valence-electron chi connectivity index (χ4n) is 4.57. The molecule has 0 saturated heterocycles. The molecular weight excluding hydrogens is 505 g/mol. The van der Waals surface area contributed by atoms with Crippen LogP contribution in [0, 0.1) is 0 Å². The highest BCUT2D eigenvalue weighted by Crippen LogP contribution is 2.32. The van der Waals surface area contributed by atoms with Gasteiger partial charge in [0, 0.05) is 24.3 Å².